The number of ketones is 1. The molecule has 1 aromatic carbocycles. The lowest BCUT2D eigenvalue weighted by Crippen LogP contribution is -2.14. The van der Waals surface area contributed by atoms with Crippen LogP contribution in [0.2, 0.25) is 0 Å². The number of H-pyrrole nitrogens is 1. The number of benzene rings is 1. The van der Waals surface area contributed by atoms with Crippen molar-refractivity contribution in [2.75, 3.05) is 4.72 Å². The number of aromatic nitrogens is 3. The molecule has 94 valence electrons. The fraction of sp³-hybridized carbons (Fsp3) is 0.100. The van der Waals surface area contributed by atoms with E-state index in [2.05, 4.69) is 19.9 Å². The summed E-state index contributed by atoms with van der Waals surface area (Å²) in [7, 11) is -3.72. The number of sulfonamides is 1. The summed E-state index contributed by atoms with van der Waals surface area (Å²) >= 11 is 0. The summed E-state index contributed by atoms with van der Waals surface area (Å²) in [6, 6.07) is 5.62. The van der Waals surface area contributed by atoms with Gasteiger partial charge in [0.1, 0.15) is 6.33 Å². The first-order chi connectivity index (χ1) is 8.49. The first-order valence-corrected chi connectivity index (χ1v) is 6.46. The highest BCUT2D eigenvalue weighted by Gasteiger charge is 2.15. The van der Waals surface area contributed by atoms with Crippen LogP contribution in [0.3, 0.4) is 0 Å². The molecule has 0 aliphatic rings. The van der Waals surface area contributed by atoms with E-state index >= 15 is 0 Å². The molecule has 0 aliphatic carbocycles. The average Bonchev–Trinajstić information content (AvgIpc) is 2.81. The Morgan fingerprint density at radius 2 is 1.94 bits per heavy atom. The SMILES string of the molecule is CC(=O)c1ccc(S(=O)(=O)Nc2ncn[nH]2)cc1. The second-order valence-corrected chi connectivity index (χ2v) is 5.20. The van der Waals surface area contributed by atoms with E-state index in [1.807, 2.05) is 0 Å². The standard InChI is InChI=1S/C10H10N4O3S/c1-7(15)8-2-4-9(5-3-8)18(16,17)14-10-11-6-12-13-10/h2-6H,1H3,(H2,11,12,13,14). The summed E-state index contributed by atoms with van der Waals surface area (Å²) in [5.41, 5.74) is 0.452. The highest BCUT2D eigenvalue weighted by atomic mass is 32.2. The third-order valence-corrected chi connectivity index (χ3v) is 3.57. The number of anilines is 1. The minimum atomic E-state index is -3.72. The second kappa shape index (κ2) is 4.57. The van der Waals surface area contributed by atoms with E-state index in [0.29, 0.717) is 5.56 Å². The summed E-state index contributed by atoms with van der Waals surface area (Å²) in [6.45, 7) is 1.41. The number of aromatic amines is 1. The lowest BCUT2D eigenvalue weighted by Gasteiger charge is -2.05. The molecule has 0 radical (unpaired) electrons. The van der Waals surface area contributed by atoms with Crippen molar-refractivity contribution in [2.24, 2.45) is 0 Å². The van der Waals surface area contributed by atoms with Crippen LogP contribution >= 0.6 is 0 Å². The first-order valence-electron chi connectivity index (χ1n) is 4.98. The third-order valence-electron chi connectivity index (χ3n) is 2.22. The fourth-order valence-corrected chi connectivity index (χ4v) is 2.27. The Morgan fingerprint density at radius 3 is 2.44 bits per heavy atom. The molecular weight excluding hydrogens is 256 g/mol. The highest BCUT2D eigenvalue weighted by Crippen LogP contribution is 2.13. The van der Waals surface area contributed by atoms with Crippen LogP contribution in [0.4, 0.5) is 5.95 Å². The summed E-state index contributed by atoms with van der Waals surface area (Å²) in [6.07, 6.45) is 1.19. The largest absolute Gasteiger partial charge is 0.295 e. The molecule has 2 rings (SSSR count). The van der Waals surface area contributed by atoms with Gasteiger partial charge in [0.2, 0.25) is 5.95 Å². The van der Waals surface area contributed by atoms with Crippen LogP contribution in [0, 0.1) is 0 Å². The Morgan fingerprint density at radius 1 is 1.28 bits per heavy atom. The van der Waals surface area contributed by atoms with Crippen molar-refractivity contribution < 1.29 is 13.2 Å². The second-order valence-electron chi connectivity index (χ2n) is 3.52. The van der Waals surface area contributed by atoms with Crippen LogP contribution in [-0.4, -0.2) is 29.4 Å². The molecule has 0 saturated heterocycles. The Balaban J connectivity index is 2.27. The number of carbonyl (C=O) groups excluding carboxylic acids is 1. The molecule has 0 saturated carbocycles. The van der Waals surface area contributed by atoms with E-state index in [1.165, 1.54) is 37.5 Å². The van der Waals surface area contributed by atoms with Crippen LogP contribution < -0.4 is 4.72 Å². The first kappa shape index (κ1) is 12.2. The van der Waals surface area contributed by atoms with E-state index in [9.17, 15) is 13.2 Å². The zero-order valence-electron chi connectivity index (χ0n) is 9.41. The van der Waals surface area contributed by atoms with Gasteiger partial charge in [0.25, 0.3) is 10.0 Å². The van der Waals surface area contributed by atoms with Gasteiger partial charge >= 0.3 is 0 Å². The van der Waals surface area contributed by atoms with Crippen molar-refractivity contribution in [3.05, 3.63) is 36.2 Å². The summed E-state index contributed by atoms with van der Waals surface area (Å²) < 4.78 is 26.0. The quantitative estimate of drug-likeness (QED) is 0.797. The van der Waals surface area contributed by atoms with Gasteiger partial charge in [-0.1, -0.05) is 12.1 Å². The molecule has 7 nitrogen and oxygen atoms in total. The van der Waals surface area contributed by atoms with Crippen LogP contribution in [0.25, 0.3) is 0 Å². The maximum Gasteiger partial charge on any atom is 0.264 e. The number of hydrogen-bond donors (Lipinski definition) is 2. The topological polar surface area (TPSA) is 105 Å². The molecule has 0 fully saturated rings. The smallest absolute Gasteiger partial charge is 0.264 e. The Hall–Kier alpha value is -2.22. The van der Waals surface area contributed by atoms with Crippen LogP contribution in [-0.2, 0) is 10.0 Å². The summed E-state index contributed by atoms with van der Waals surface area (Å²) in [5, 5.41) is 5.92. The van der Waals surface area contributed by atoms with Gasteiger partial charge in [-0.25, -0.2) is 18.2 Å². The van der Waals surface area contributed by atoms with Gasteiger partial charge in [0, 0.05) is 5.56 Å². The zero-order chi connectivity index (χ0) is 13.2. The van der Waals surface area contributed by atoms with E-state index in [0.717, 1.165) is 0 Å². The average molecular weight is 266 g/mol. The molecule has 0 bridgehead atoms. The molecule has 0 aliphatic heterocycles. The van der Waals surface area contributed by atoms with Crippen LogP contribution in [0.1, 0.15) is 17.3 Å². The van der Waals surface area contributed by atoms with Crippen LogP contribution in [0.15, 0.2) is 35.5 Å². The lowest BCUT2D eigenvalue weighted by molar-refractivity contribution is 0.101. The predicted molar refractivity (Wildman–Crippen MR) is 63.6 cm³/mol. The maximum atomic E-state index is 11.9. The molecule has 1 heterocycles. The Labute approximate surface area is 103 Å². The predicted octanol–water partition coefficient (Wildman–Crippen LogP) is 0.808. The molecule has 8 heteroatoms. The van der Waals surface area contributed by atoms with Gasteiger partial charge in [-0.2, -0.15) is 10.1 Å². The maximum absolute atomic E-state index is 11.9. The molecule has 1 aromatic heterocycles. The molecule has 2 aromatic rings. The highest BCUT2D eigenvalue weighted by molar-refractivity contribution is 7.92. The van der Waals surface area contributed by atoms with Gasteiger partial charge in [-0.05, 0) is 19.1 Å². The van der Waals surface area contributed by atoms with Gasteiger partial charge in [0.15, 0.2) is 5.78 Å². The van der Waals surface area contributed by atoms with Crippen molar-refractivity contribution in [2.45, 2.75) is 11.8 Å². The van der Waals surface area contributed by atoms with Crippen molar-refractivity contribution in [1.29, 1.82) is 0 Å². The summed E-state index contributed by atoms with van der Waals surface area (Å²) in [5.74, 6) is -0.0900. The van der Waals surface area contributed by atoms with E-state index in [-0.39, 0.29) is 16.6 Å². The van der Waals surface area contributed by atoms with E-state index < -0.39 is 10.0 Å². The molecule has 0 atom stereocenters. The molecule has 0 unspecified atom stereocenters. The van der Waals surface area contributed by atoms with Gasteiger partial charge in [0.05, 0.1) is 4.90 Å². The zero-order valence-corrected chi connectivity index (χ0v) is 10.2. The number of carbonyl (C=O) groups is 1. The number of rotatable bonds is 4. The number of Topliss-reactive ketones (excluding diaryl/α,β-unsaturated/α-hetero) is 1. The number of nitrogens with one attached hydrogen (secondary N) is 2. The Bertz CT molecular complexity index is 647. The molecular formula is C10H10N4O3S. The van der Waals surface area contributed by atoms with Gasteiger partial charge in [-0.3, -0.25) is 4.79 Å². The van der Waals surface area contributed by atoms with Gasteiger partial charge < -0.3 is 0 Å². The third kappa shape index (κ3) is 2.54. The Kier molecular flexibility index (Phi) is 3.11. The van der Waals surface area contributed by atoms with Crippen molar-refractivity contribution in [3.63, 3.8) is 0 Å². The summed E-state index contributed by atoms with van der Waals surface area (Å²) in [4.78, 5) is 14.8. The lowest BCUT2D eigenvalue weighted by atomic mass is 10.2. The number of nitrogens with zero attached hydrogens (tertiary/aromatic N) is 2. The van der Waals surface area contributed by atoms with Crippen molar-refractivity contribution >= 4 is 21.8 Å². The van der Waals surface area contributed by atoms with Crippen molar-refractivity contribution in [1.82, 2.24) is 15.2 Å². The molecule has 0 spiro atoms. The van der Waals surface area contributed by atoms with E-state index in [4.69, 9.17) is 0 Å². The number of hydrogen-bond acceptors (Lipinski definition) is 5. The molecule has 0 amide bonds. The van der Waals surface area contributed by atoms with Gasteiger partial charge in [-0.15, -0.1) is 0 Å². The minimum Gasteiger partial charge on any atom is -0.295 e. The van der Waals surface area contributed by atoms with Crippen LogP contribution in [0.5, 0.6) is 0 Å². The van der Waals surface area contributed by atoms with E-state index in [1.54, 1.807) is 0 Å². The molecule has 2 N–H and O–H groups in total. The normalized spacial score (nSPS) is 11.2. The fourth-order valence-electron chi connectivity index (χ4n) is 1.31. The minimum absolute atomic E-state index is 0.0330. The van der Waals surface area contributed by atoms with Crippen molar-refractivity contribution in [3.8, 4) is 0 Å². The molecule has 18 heavy (non-hydrogen) atoms. The monoisotopic (exact) mass is 266 g/mol.